The van der Waals surface area contributed by atoms with Gasteiger partial charge in [-0.05, 0) is 43.0 Å². The van der Waals surface area contributed by atoms with Crippen molar-refractivity contribution in [3.63, 3.8) is 0 Å². The largest absolute Gasteiger partial charge is 0.373 e. The summed E-state index contributed by atoms with van der Waals surface area (Å²) in [6.07, 6.45) is 1.53. The fourth-order valence-corrected chi connectivity index (χ4v) is 4.15. The Morgan fingerprint density at radius 1 is 1.10 bits per heavy atom. The Morgan fingerprint density at radius 2 is 1.70 bits per heavy atom. The van der Waals surface area contributed by atoms with Crippen LogP contribution in [0.25, 0.3) is 0 Å². The van der Waals surface area contributed by atoms with E-state index in [-0.39, 0.29) is 35.6 Å². The van der Waals surface area contributed by atoms with E-state index in [1.54, 1.807) is 6.07 Å². The number of Topliss-reactive ketones (excluding diaryl/α,β-unsaturated/α-hetero) is 2. The molecule has 4 heteroatoms. The Hall–Kier alpha value is -1.55. The van der Waals surface area contributed by atoms with Crippen LogP contribution >= 0.6 is 0 Å². The average molecular weight is 274 g/mol. The van der Waals surface area contributed by atoms with Crippen LogP contribution in [-0.4, -0.2) is 23.8 Å². The highest BCUT2D eigenvalue weighted by Gasteiger charge is 2.62. The average Bonchev–Trinajstić information content (AvgIpc) is 3.08. The summed E-state index contributed by atoms with van der Waals surface area (Å²) in [5, 5.41) is 0. The first kappa shape index (κ1) is 12.2. The maximum atomic E-state index is 13.5. The van der Waals surface area contributed by atoms with Crippen molar-refractivity contribution in [2.24, 2.45) is 11.8 Å². The van der Waals surface area contributed by atoms with Crippen molar-refractivity contribution in [3.05, 3.63) is 35.1 Å². The van der Waals surface area contributed by atoms with Crippen molar-refractivity contribution < 1.29 is 18.7 Å². The van der Waals surface area contributed by atoms with E-state index in [0.29, 0.717) is 5.56 Å². The molecule has 2 saturated heterocycles. The maximum Gasteiger partial charge on any atom is 0.154 e. The summed E-state index contributed by atoms with van der Waals surface area (Å²) in [6.45, 7) is 1.81. The number of ether oxygens (including phenoxy) is 1. The number of hydrogen-bond acceptors (Lipinski definition) is 3. The van der Waals surface area contributed by atoms with Gasteiger partial charge in [0.05, 0.1) is 24.0 Å². The van der Waals surface area contributed by atoms with E-state index >= 15 is 0 Å². The van der Waals surface area contributed by atoms with Gasteiger partial charge in [0, 0.05) is 0 Å². The zero-order valence-electron chi connectivity index (χ0n) is 11.1. The lowest BCUT2D eigenvalue weighted by Gasteiger charge is -2.16. The van der Waals surface area contributed by atoms with Crippen LogP contribution in [0.2, 0.25) is 0 Å². The van der Waals surface area contributed by atoms with E-state index in [1.807, 2.05) is 6.92 Å². The van der Waals surface area contributed by atoms with E-state index in [2.05, 4.69) is 0 Å². The smallest absolute Gasteiger partial charge is 0.154 e. The van der Waals surface area contributed by atoms with Gasteiger partial charge < -0.3 is 4.74 Å². The Balaban J connectivity index is 1.79. The highest BCUT2D eigenvalue weighted by Crippen LogP contribution is 2.52. The molecule has 1 aromatic carbocycles. The molecule has 0 aromatic heterocycles. The van der Waals surface area contributed by atoms with Crippen LogP contribution in [0.1, 0.15) is 29.9 Å². The second-order valence-corrected chi connectivity index (χ2v) is 6.08. The number of benzene rings is 1. The first-order valence-corrected chi connectivity index (χ1v) is 7.07. The second kappa shape index (κ2) is 3.98. The minimum absolute atomic E-state index is 0.0686. The summed E-state index contributed by atoms with van der Waals surface area (Å²) in [6, 6.07) is 4.32. The SMILES string of the molecule is Cc1ccc(F)cc1C1C(=O)[C@@H]2[C@H](C1=O)[C@H]1CC[C@@H]2O1. The predicted octanol–water partition coefficient (Wildman–Crippen LogP) is 2.16. The minimum Gasteiger partial charge on any atom is -0.373 e. The van der Waals surface area contributed by atoms with E-state index < -0.39 is 11.7 Å². The van der Waals surface area contributed by atoms with Crippen molar-refractivity contribution >= 4 is 11.6 Å². The lowest BCUT2D eigenvalue weighted by Crippen LogP contribution is -2.29. The molecule has 0 N–H and O–H groups in total. The lowest BCUT2D eigenvalue weighted by atomic mass is 9.81. The van der Waals surface area contributed by atoms with Crippen LogP contribution in [0.5, 0.6) is 0 Å². The number of halogens is 1. The molecule has 2 bridgehead atoms. The molecule has 0 radical (unpaired) electrons. The highest BCUT2D eigenvalue weighted by atomic mass is 19.1. The van der Waals surface area contributed by atoms with Crippen LogP contribution in [0.15, 0.2) is 18.2 Å². The van der Waals surface area contributed by atoms with Gasteiger partial charge in [0.2, 0.25) is 0 Å². The van der Waals surface area contributed by atoms with Gasteiger partial charge in [-0.1, -0.05) is 6.07 Å². The lowest BCUT2D eigenvalue weighted by molar-refractivity contribution is -0.127. The monoisotopic (exact) mass is 274 g/mol. The van der Waals surface area contributed by atoms with Gasteiger partial charge in [-0.2, -0.15) is 0 Å². The number of carbonyl (C=O) groups excluding carboxylic acids is 2. The fraction of sp³-hybridized carbons (Fsp3) is 0.500. The first-order valence-electron chi connectivity index (χ1n) is 7.07. The van der Waals surface area contributed by atoms with Crippen LogP contribution in [0.3, 0.4) is 0 Å². The summed E-state index contributed by atoms with van der Waals surface area (Å²) in [4.78, 5) is 25.3. The van der Waals surface area contributed by atoms with E-state index in [9.17, 15) is 14.0 Å². The van der Waals surface area contributed by atoms with Crippen molar-refractivity contribution in [2.45, 2.75) is 37.9 Å². The first-order chi connectivity index (χ1) is 9.58. The number of aryl methyl sites for hydroxylation is 1. The van der Waals surface area contributed by atoms with E-state index in [4.69, 9.17) is 4.74 Å². The Morgan fingerprint density at radius 3 is 2.30 bits per heavy atom. The van der Waals surface area contributed by atoms with Gasteiger partial charge >= 0.3 is 0 Å². The number of hydrogen-bond donors (Lipinski definition) is 0. The van der Waals surface area contributed by atoms with Crippen molar-refractivity contribution in [1.82, 2.24) is 0 Å². The number of fused-ring (bicyclic) bond motifs is 5. The fourth-order valence-electron chi connectivity index (χ4n) is 4.15. The normalized spacial score (nSPS) is 38.6. The van der Waals surface area contributed by atoms with Gasteiger partial charge in [0.25, 0.3) is 0 Å². The number of carbonyl (C=O) groups is 2. The maximum absolute atomic E-state index is 13.5. The van der Waals surface area contributed by atoms with Gasteiger partial charge in [-0.3, -0.25) is 9.59 Å². The molecule has 0 amide bonds. The van der Waals surface area contributed by atoms with Crippen LogP contribution in [0.4, 0.5) is 4.39 Å². The van der Waals surface area contributed by atoms with Crippen molar-refractivity contribution in [1.29, 1.82) is 0 Å². The van der Waals surface area contributed by atoms with E-state index in [1.165, 1.54) is 12.1 Å². The molecule has 1 aliphatic carbocycles. The third kappa shape index (κ3) is 1.43. The van der Waals surface area contributed by atoms with Crippen molar-refractivity contribution in [2.75, 3.05) is 0 Å². The van der Waals surface area contributed by atoms with Crippen LogP contribution in [-0.2, 0) is 14.3 Å². The standard InChI is InChI=1S/C16H15FO3/c1-7-2-3-8(17)6-9(7)12-15(18)13-10-4-5-11(20-10)14(13)16(12)19/h2-3,6,10-14H,4-5H2,1H3/t10-,11+,12?,13-,14+. The van der Waals surface area contributed by atoms with Gasteiger partial charge in [-0.25, -0.2) is 4.39 Å². The molecular weight excluding hydrogens is 259 g/mol. The molecule has 3 nitrogen and oxygen atoms in total. The zero-order valence-corrected chi connectivity index (χ0v) is 11.1. The topological polar surface area (TPSA) is 43.4 Å². The molecular formula is C16H15FO3. The van der Waals surface area contributed by atoms with Gasteiger partial charge in [-0.15, -0.1) is 0 Å². The Labute approximate surface area is 116 Å². The molecule has 3 aliphatic rings. The predicted molar refractivity (Wildman–Crippen MR) is 68.8 cm³/mol. The van der Waals surface area contributed by atoms with E-state index in [0.717, 1.165) is 18.4 Å². The summed E-state index contributed by atoms with van der Waals surface area (Å²) in [5.74, 6) is -1.92. The summed E-state index contributed by atoms with van der Waals surface area (Å²) >= 11 is 0. The van der Waals surface area contributed by atoms with Crippen LogP contribution in [0, 0.1) is 24.6 Å². The minimum atomic E-state index is -0.785. The van der Waals surface area contributed by atoms with Crippen molar-refractivity contribution in [3.8, 4) is 0 Å². The third-order valence-corrected chi connectivity index (χ3v) is 5.05. The Bertz CT molecular complexity index is 596. The number of ketones is 2. The molecule has 3 fully saturated rings. The molecule has 1 saturated carbocycles. The summed E-state index contributed by atoms with van der Waals surface area (Å²) in [5.41, 5.74) is 1.33. The zero-order chi connectivity index (χ0) is 14.0. The summed E-state index contributed by atoms with van der Waals surface area (Å²) in [7, 11) is 0. The molecule has 4 rings (SSSR count). The Kier molecular flexibility index (Phi) is 2.43. The van der Waals surface area contributed by atoms with Gasteiger partial charge in [0.15, 0.2) is 11.6 Å². The molecule has 0 spiro atoms. The van der Waals surface area contributed by atoms with Crippen LogP contribution < -0.4 is 0 Å². The third-order valence-electron chi connectivity index (χ3n) is 5.05. The molecule has 2 aliphatic heterocycles. The quantitative estimate of drug-likeness (QED) is 0.737. The highest BCUT2D eigenvalue weighted by molar-refractivity contribution is 6.17. The molecule has 5 atom stereocenters. The second-order valence-electron chi connectivity index (χ2n) is 6.08. The molecule has 1 unspecified atom stereocenters. The van der Waals surface area contributed by atoms with Gasteiger partial charge in [0.1, 0.15) is 11.7 Å². The summed E-state index contributed by atoms with van der Waals surface area (Å²) < 4.78 is 19.2. The molecule has 20 heavy (non-hydrogen) atoms. The number of rotatable bonds is 1. The molecule has 2 heterocycles. The molecule has 1 aromatic rings. The molecule has 104 valence electrons.